The Balaban J connectivity index is 3.49. The van der Waals surface area contributed by atoms with Crippen LogP contribution < -0.4 is 10.5 Å². The quantitative estimate of drug-likeness (QED) is 0.828. The van der Waals surface area contributed by atoms with Crippen molar-refractivity contribution in [2.75, 3.05) is 13.7 Å². The summed E-state index contributed by atoms with van der Waals surface area (Å²) < 4.78 is 18.8. The number of hydrogen-bond acceptors (Lipinski definition) is 3. The summed E-state index contributed by atoms with van der Waals surface area (Å²) in [6.07, 6.45) is 3.24. The third-order valence-corrected chi connectivity index (χ3v) is 2.50. The maximum atomic E-state index is 13.8. The van der Waals surface area contributed by atoms with Crippen LogP contribution >= 0.6 is 0 Å². The largest absolute Gasteiger partial charge is 0.504 e. The molecular formula is C12H16FNO2. The van der Waals surface area contributed by atoms with Gasteiger partial charge in [0.1, 0.15) is 5.82 Å². The monoisotopic (exact) mass is 225 g/mol. The van der Waals surface area contributed by atoms with Gasteiger partial charge in [0.15, 0.2) is 11.5 Å². The molecule has 4 heteroatoms. The van der Waals surface area contributed by atoms with Crippen molar-refractivity contribution in [3.63, 3.8) is 0 Å². The Bertz CT molecular complexity index is 428. The molecule has 3 N–H and O–H groups in total. The smallest absolute Gasteiger partial charge is 0.166 e. The van der Waals surface area contributed by atoms with E-state index in [2.05, 4.69) is 0 Å². The highest BCUT2D eigenvalue weighted by atomic mass is 19.1. The summed E-state index contributed by atoms with van der Waals surface area (Å²) in [6, 6.07) is 0. The number of nitrogens with two attached hydrogens (primary N) is 1. The lowest BCUT2D eigenvalue weighted by molar-refractivity contribution is 0.365. The van der Waals surface area contributed by atoms with Gasteiger partial charge in [-0.1, -0.05) is 12.2 Å². The summed E-state index contributed by atoms with van der Waals surface area (Å²) in [7, 11) is 1.40. The molecule has 0 aliphatic rings. The number of phenolic OH excluding ortho intramolecular Hbond substituents is 1. The molecule has 0 aromatic heterocycles. The van der Waals surface area contributed by atoms with Crippen molar-refractivity contribution in [3.8, 4) is 11.5 Å². The van der Waals surface area contributed by atoms with E-state index in [0.717, 1.165) is 0 Å². The van der Waals surface area contributed by atoms with Crippen LogP contribution in [-0.2, 0) is 0 Å². The molecule has 1 rings (SSSR count). The van der Waals surface area contributed by atoms with Crippen LogP contribution in [-0.4, -0.2) is 18.8 Å². The van der Waals surface area contributed by atoms with Gasteiger partial charge < -0.3 is 15.6 Å². The van der Waals surface area contributed by atoms with E-state index >= 15 is 0 Å². The van der Waals surface area contributed by atoms with Crippen LogP contribution in [0.4, 0.5) is 4.39 Å². The van der Waals surface area contributed by atoms with Gasteiger partial charge in [0.25, 0.3) is 0 Å². The van der Waals surface area contributed by atoms with Gasteiger partial charge in [-0.2, -0.15) is 0 Å². The SMILES string of the molecule is COc1c(C)c(F)c(C)c(/C=C/CN)c1O. The second kappa shape index (κ2) is 4.99. The molecule has 0 spiro atoms. The Morgan fingerprint density at radius 2 is 2.00 bits per heavy atom. The van der Waals surface area contributed by atoms with Crippen molar-refractivity contribution in [2.45, 2.75) is 13.8 Å². The van der Waals surface area contributed by atoms with Crippen molar-refractivity contribution in [1.29, 1.82) is 0 Å². The topological polar surface area (TPSA) is 55.5 Å². The molecule has 88 valence electrons. The Kier molecular flexibility index (Phi) is 3.90. The maximum Gasteiger partial charge on any atom is 0.166 e. The van der Waals surface area contributed by atoms with Crippen molar-refractivity contribution < 1.29 is 14.2 Å². The van der Waals surface area contributed by atoms with Gasteiger partial charge in [0.2, 0.25) is 0 Å². The number of phenols is 1. The Labute approximate surface area is 94.3 Å². The minimum absolute atomic E-state index is 0.0522. The molecule has 3 nitrogen and oxygen atoms in total. The summed E-state index contributed by atoms with van der Waals surface area (Å²) in [5.41, 5.74) is 6.43. The zero-order valence-corrected chi connectivity index (χ0v) is 9.67. The van der Waals surface area contributed by atoms with E-state index in [0.29, 0.717) is 23.2 Å². The van der Waals surface area contributed by atoms with Gasteiger partial charge >= 0.3 is 0 Å². The molecule has 0 atom stereocenters. The normalized spacial score (nSPS) is 11.1. The number of rotatable bonds is 3. The fourth-order valence-corrected chi connectivity index (χ4v) is 1.62. The molecule has 0 unspecified atom stereocenters. The van der Waals surface area contributed by atoms with Gasteiger partial charge in [-0.15, -0.1) is 0 Å². The molecule has 0 radical (unpaired) electrons. The van der Waals surface area contributed by atoms with Crippen LogP contribution in [0, 0.1) is 19.7 Å². The summed E-state index contributed by atoms with van der Waals surface area (Å²) in [5, 5.41) is 9.92. The summed E-state index contributed by atoms with van der Waals surface area (Å²) in [4.78, 5) is 0. The van der Waals surface area contributed by atoms with Crippen LogP contribution in [0.25, 0.3) is 6.08 Å². The molecule has 0 aliphatic carbocycles. The van der Waals surface area contributed by atoms with Crippen LogP contribution in [0.1, 0.15) is 16.7 Å². The zero-order valence-electron chi connectivity index (χ0n) is 9.67. The van der Waals surface area contributed by atoms with E-state index in [-0.39, 0.29) is 17.3 Å². The van der Waals surface area contributed by atoms with Gasteiger partial charge in [0, 0.05) is 17.7 Å². The molecular weight excluding hydrogens is 209 g/mol. The number of halogens is 1. The van der Waals surface area contributed by atoms with Crippen molar-refractivity contribution in [2.24, 2.45) is 5.73 Å². The van der Waals surface area contributed by atoms with Crippen LogP contribution in [0.2, 0.25) is 0 Å². The number of hydrogen-bond donors (Lipinski definition) is 2. The molecule has 0 saturated heterocycles. The van der Waals surface area contributed by atoms with Crippen LogP contribution in [0.5, 0.6) is 11.5 Å². The number of methoxy groups -OCH3 is 1. The van der Waals surface area contributed by atoms with Crippen molar-refractivity contribution in [1.82, 2.24) is 0 Å². The molecule has 1 aromatic carbocycles. The van der Waals surface area contributed by atoms with E-state index in [4.69, 9.17) is 10.5 Å². The summed E-state index contributed by atoms with van der Waals surface area (Å²) in [5.74, 6) is -0.255. The van der Waals surface area contributed by atoms with E-state index in [1.54, 1.807) is 26.0 Å². The fourth-order valence-electron chi connectivity index (χ4n) is 1.62. The molecule has 16 heavy (non-hydrogen) atoms. The highest BCUT2D eigenvalue weighted by Crippen LogP contribution is 2.38. The number of ether oxygens (including phenoxy) is 1. The van der Waals surface area contributed by atoms with E-state index in [1.165, 1.54) is 7.11 Å². The van der Waals surface area contributed by atoms with Gasteiger partial charge in [-0.05, 0) is 19.4 Å². The Morgan fingerprint density at radius 1 is 1.38 bits per heavy atom. The summed E-state index contributed by atoms with van der Waals surface area (Å²) in [6.45, 7) is 3.51. The number of benzene rings is 1. The third kappa shape index (κ3) is 2.02. The molecule has 0 heterocycles. The van der Waals surface area contributed by atoms with Crippen LogP contribution in [0.15, 0.2) is 6.08 Å². The van der Waals surface area contributed by atoms with Crippen LogP contribution in [0.3, 0.4) is 0 Å². The summed E-state index contributed by atoms with van der Waals surface area (Å²) >= 11 is 0. The standard InChI is InChI=1S/C12H16FNO2/c1-7-9(5-4-6-14)11(15)12(16-3)8(2)10(7)13/h4-5,15H,6,14H2,1-3H3/b5-4+. The predicted molar refractivity (Wildman–Crippen MR) is 62.2 cm³/mol. The lowest BCUT2D eigenvalue weighted by atomic mass is 10.0. The zero-order chi connectivity index (χ0) is 12.3. The van der Waals surface area contributed by atoms with E-state index in [9.17, 15) is 9.50 Å². The Morgan fingerprint density at radius 3 is 2.50 bits per heavy atom. The lowest BCUT2D eigenvalue weighted by Gasteiger charge is -2.13. The maximum absolute atomic E-state index is 13.8. The second-order valence-electron chi connectivity index (χ2n) is 3.50. The average Bonchev–Trinajstić information content (AvgIpc) is 2.27. The highest BCUT2D eigenvalue weighted by Gasteiger charge is 2.18. The van der Waals surface area contributed by atoms with E-state index in [1.807, 2.05) is 0 Å². The average molecular weight is 225 g/mol. The minimum atomic E-state index is -0.369. The molecule has 0 amide bonds. The highest BCUT2D eigenvalue weighted by molar-refractivity contribution is 5.67. The first-order valence-corrected chi connectivity index (χ1v) is 4.96. The van der Waals surface area contributed by atoms with Crippen molar-refractivity contribution in [3.05, 3.63) is 28.6 Å². The van der Waals surface area contributed by atoms with Gasteiger partial charge in [-0.3, -0.25) is 0 Å². The number of aromatic hydroxyl groups is 1. The first-order chi connectivity index (χ1) is 7.54. The predicted octanol–water partition coefficient (Wildman–Crippen LogP) is 2.13. The van der Waals surface area contributed by atoms with E-state index < -0.39 is 0 Å². The van der Waals surface area contributed by atoms with Gasteiger partial charge in [-0.25, -0.2) is 4.39 Å². The van der Waals surface area contributed by atoms with Crippen molar-refractivity contribution >= 4 is 6.08 Å². The molecule has 1 aromatic rings. The van der Waals surface area contributed by atoms with Gasteiger partial charge in [0.05, 0.1) is 7.11 Å². The first-order valence-electron chi connectivity index (χ1n) is 4.96. The second-order valence-corrected chi connectivity index (χ2v) is 3.50. The molecule has 0 bridgehead atoms. The first kappa shape index (κ1) is 12.5. The Hall–Kier alpha value is -1.55. The molecule has 0 fully saturated rings. The fraction of sp³-hybridized carbons (Fsp3) is 0.333. The third-order valence-electron chi connectivity index (χ3n) is 2.50. The molecule has 0 saturated carbocycles. The minimum Gasteiger partial charge on any atom is -0.504 e. The lowest BCUT2D eigenvalue weighted by Crippen LogP contribution is -1.99. The molecule has 0 aliphatic heterocycles.